The molecular weight excluding hydrogens is 272 g/mol. The van der Waals surface area contributed by atoms with Gasteiger partial charge in [0.2, 0.25) is 5.16 Å². The molecule has 0 amide bonds. The van der Waals surface area contributed by atoms with Crippen LogP contribution in [0.1, 0.15) is 24.4 Å². The van der Waals surface area contributed by atoms with Crippen molar-refractivity contribution in [1.29, 1.82) is 0 Å². The molecule has 2 aromatic heterocycles. The van der Waals surface area contributed by atoms with Crippen LogP contribution < -0.4 is 5.73 Å². The van der Waals surface area contributed by atoms with Gasteiger partial charge in [0.25, 0.3) is 0 Å². The smallest absolute Gasteiger partial charge is 0.215 e. The molecule has 3 rings (SSSR count). The van der Waals surface area contributed by atoms with E-state index in [0.717, 1.165) is 23.6 Å². The van der Waals surface area contributed by atoms with Crippen LogP contribution in [0.4, 0.5) is 0 Å². The van der Waals surface area contributed by atoms with Crippen LogP contribution in [0, 0.1) is 0 Å². The fraction of sp³-hybridized carbons (Fsp3) is 0.400. The SMILES string of the molecule is NCc1ccnc(Sc2nnnn2C2CC2)c1Cl. The monoisotopic (exact) mass is 282 g/mol. The number of aromatic nitrogens is 5. The van der Waals surface area contributed by atoms with Gasteiger partial charge in [-0.05, 0) is 46.7 Å². The average Bonchev–Trinajstić information content (AvgIpc) is 3.13. The molecule has 2 aromatic rings. The molecular formula is C10H11ClN6S. The summed E-state index contributed by atoms with van der Waals surface area (Å²) >= 11 is 7.61. The van der Waals surface area contributed by atoms with Crippen LogP contribution in [-0.4, -0.2) is 25.2 Å². The van der Waals surface area contributed by atoms with E-state index in [1.54, 1.807) is 6.20 Å². The van der Waals surface area contributed by atoms with Crippen molar-refractivity contribution in [3.63, 3.8) is 0 Å². The van der Waals surface area contributed by atoms with E-state index < -0.39 is 0 Å². The number of rotatable bonds is 4. The Bertz CT molecular complexity index is 567. The highest BCUT2D eigenvalue weighted by Crippen LogP contribution is 2.39. The molecule has 2 N–H and O–H groups in total. The summed E-state index contributed by atoms with van der Waals surface area (Å²) in [5.74, 6) is 0. The van der Waals surface area contributed by atoms with Gasteiger partial charge < -0.3 is 5.73 Å². The highest BCUT2D eigenvalue weighted by atomic mass is 35.5. The van der Waals surface area contributed by atoms with E-state index in [0.29, 0.717) is 22.6 Å². The maximum atomic E-state index is 6.23. The van der Waals surface area contributed by atoms with Gasteiger partial charge in [0.05, 0.1) is 11.1 Å². The van der Waals surface area contributed by atoms with Crippen LogP contribution in [0.5, 0.6) is 0 Å². The van der Waals surface area contributed by atoms with E-state index >= 15 is 0 Å². The Morgan fingerprint density at radius 3 is 3.06 bits per heavy atom. The molecule has 0 saturated heterocycles. The second kappa shape index (κ2) is 4.83. The molecule has 94 valence electrons. The Labute approximate surface area is 113 Å². The van der Waals surface area contributed by atoms with Gasteiger partial charge in [-0.25, -0.2) is 9.67 Å². The van der Waals surface area contributed by atoms with E-state index in [9.17, 15) is 0 Å². The lowest BCUT2D eigenvalue weighted by Crippen LogP contribution is -2.01. The molecule has 8 heteroatoms. The zero-order valence-electron chi connectivity index (χ0n) is 9.45. The Kier molecular flexibility index (Phi) is 3.19. The molecule has 2 heterocycles. The topological polar surface area (TPSA) is 82.5 Å². The molecule has 1 aliphatic carbocycles. The van der Waals surface area contributed by atoms with Crippen LogP contribution >= 0.6 is 23.4 Å². The fourth-order valence-electron chi connectivity index (χ4n) is 1.58. The summed E-state index contributed by atoms with van der Waals surface area (Å²) in [5.41, 5.74) is 6.49. The molecule has 0 spiro atoms. The standard InChI is InChI=1S/C10H11ClN6S/c11-8-6(5-12)3-4-13-9(8)18-10-14-15-16-17(10)7-1-2-7/h3-4,7H,1-2,5,12H2. The van der Waals surface area contributed by atoms with Crippen LogP contribution in [0.25, 0.3) is 0 Å². The highest BCUT2D eigenvalue weighted by Gasteiger charge is 2.28. The van der Waals surface area contributed by atoms with Crippen LogP contribution in [0.3, 0.4) is 0 Å². The highest BCUT2D eigenvalue weighted by molar-refractivity contribution is 7.99. The minimum Gasteiger partial charge on any atom is -0.326 e. The number of nitrogens with zero attached hydrogens (tertiary/aromatic N) is 5. The Hall–Kier alpha value is -1.18. The maximum Gasteiger partial charge on any atom is 0.215 e. The van der Waals surface area contributed by atoms with E-state index in [2.05, 4.69) is 20.5 Å². The largest absolute Gasteiger partial charge is 0.326 e. The number of nitrogens with two attached hydrogens (primary N) is 1. The van der Waals surface area contributed by atoms with Crippen molar-refractivity contribution in [3.8, 4) is 0 Å². The van der Waals surface area contributed by atoms with E-state index in [-0.39, 0.29) is 0 Å². The number of tetrazole rings is 1. The minimum atomic E-state index is 0.391. The van der Waals surface area contributed by atoms with Crippen LogP contribution in [0.15, 0.2) is 22.4 Å². The summed E-state index contributed by atoms with van der Waals surface area (Å²) in [5, 5.41) is 13.7. The van der Waals surface area contributed by atoms with Crippen LogP contribution in [-0.2, 0) is 6.54 Å². The molecule has 1 saturated carbocycles. The second-order valence-electron chi connectivity index (χ2n) is 4.03. The maximum absolute atomic E-state index is 6.23. The van der Waals surface area contributed by atoms with Crippen molar-refractivity contribution < 1.29 is 0 Å². The molecule has 0 radical (unpaired) electrons. The third-order valence-corrected chi connectivity index (χ3v) is 4.19. The number of halogens is 1. The summed E-state index contributed by atoms with van der Waals surface area (Å²) in [6.45, 7) is 0.391. The molecule has 0 aromatic carbocycles. The third kappa shape index (κ3) is 2.21. The van der Waals surface area contributed by atoms with E-state index in [1.165, 1.54) is 11.8 Å². The molecule has 18 heavy (non-hydrogen) atoms. The molecule has 0 aliphatic heterocycles. The minimum absolute atomic E-state index is 0.391. The number of hydrogen-bond donors (Lipinski definition) is 1. The van der Waals surface area contributed by atoms with E-state index in [1.807, 2.05) is 10.7 Å². The molecule has 0 unspecified atom stereocenters. The first-order valence-electron chi connectivity index (χ1n) is 5.58. The first kappa shape index (κ1) is 11.9. The Morgan fingerprint density at radius 1 is 1.50 bits per heavy atom. The summed E-state index contributed by atoms with van der Waals surface area (Å²) in [7, 11) is 0. The Morgan fingerprint density at radius 2 is 2.33 bits per heavy atom. The molecule has 1 aliphatic rings. The molecule has 1 fully saturated rings. The van der Waals surface area contributed by atoms with Gasteiger partial charge in [-0.1, -0.05) is 11.6 Å². The van der Waals surface area contributed by atoms with Crippen molar-refractivity contribution in [1.82, 2.24) is 25.2 Å². The van der Waals surface area contributed by atoms with Gasteiger partial charge >= 0.3 is 0 Å². The average molecular weight is 283 g/mol. The summed E-state index contributed by atoms with van der Waals surface area (Å²) in [6, 6.07) is 2.25. The van der Waals surface area contributed by atoms with Gasteiger partial charge in [0.15, 0.2) is 0 Å². The van der Waals surface area contributed by atoms with E-state index in [4.69, 9.17) is 17.3 Å². The van der Waals surface area contributed by atoms with Gasteiger partial charge in [0.1, 0.15) is 5.03 Å². The van der Waals surface area contributed by atoms with Crippen molar-refractivity contribution in [2.75, 3.05) is 0 Å². The van der Waals surface area contributed by atoms with Crippen molar-refractivity contribution in [2.24, 2.45) is 5.73 Å². The summed E-state index contributed by atoms with van der Waals surface area (Å²) < 4.78 is 1.83. The first-order valence-corrected chi connectivity index (χ1v) is 6.78. The van der Waals surface area contributed by atoms with Crippen molar-refractivity contribution >= 4 is 23.4 Å². The summed E-state index contributed by atoms with van der Waals surface area (Å²) in [4.78, 5) is 4.25. The van der Waals surface area contributed by atoms with Gasteiger partial charge in [-0.15, -0.1) is 5.10 Å². The second-order valence-corrected chi connectivity index (χ2v) is 5.37. The zero-order chi connectivity index (χ0) is 12.5. The molecule has 6 nitrogen and oxygen atoms in total. The lowest BCUT2D eigenvalue weighted by Gasteiger charge is -2.06. The first-order chi connectivity index (χ1) is 8.79. The predicted molar refractivity (Wildman–Crippen MR) is 67.3 cm³/mol. The summed E-state index contributed by atoms with van der Waals surface area (Å²) in [6.07, 6.45) is 3.95. The van der Waals surface area contributed by atoms with Gasteiger partial charge in [-0.2, -0.15) is 0 Å². The van der Waals surface area contributed by atoms with Crippen molar-refractivity contribution in [3.05, 3.63) is 22.8 Å². The number of hydrogen-bond acceptors (Lipinski definition) is 6. The zero-order valence-corrected chi connectivity index (χ0v) is 11.0. The number of pyridine rings is 1. The quantitative estimate of drug-likeness (QED) is 0.918. The third-order valence-electron chi connectivity index (χ3n) is 2.70. The predicted octanol–water partition coefficient (Wildman–Crippen LogP) is 1.67. The molecule has 0 atom stereocenters. The normalized spacial score (nSPS) is 15.0. The molecule has 0 bridgehead atoms. The van der Waals surface area contributed by atoms with Gasteiger partial charge in [-0.3, -0.25) is 0 Å². The van der Waals surface area contributed by atoms with Crippen molar-refractivity contribution in [2.45, 2.75) is 35.6 Å². The fourth-order valence-corrected chi connectivity index (χ4v) is 2.75. The van der Waals surface area contributed by atoms with Gasteiger partial charge in [0, 0.05) is 12.7 Å². The van der Waals surface area contributed by atoms with Crippen LogP contribution in [0.2, 0.25) is 5.02 Å². The lowest BCUT2D eigenvalue weighted by molar-refractivity contribution is 0.565. The Balaban J connectivity index is 1.89. The lowest BCUT2D eigenvalue weighted by atomic mass is 10.3.